The number of hydrogen-bond acceptors (Lipinski definition) is 0. The molecule has 0 aliphatic heterocycles. The Kier molecular flexibility index (Phi) is 15.8. The third-order valence-corrected chi connectivity index (χ3v) is 16.4. The Bertz CT molecular complexity index is 4600. The lowest BCUT2D eigenvalue weighted by molar-refractivity contribution is 0.590. The standard InChI is InChI=1S/C46H38.C23H24.C22H22/c1-46(2,3)45-43(41-29-37(33-17-8-4-9-18-33)27-38(30-41)34-19-10-5-11-20-34)25-16-26-44(45)42-31-39(35-21-12-6-13-22-35)28-40(32-42)36-23-14-7-15-24-36;1-17-10-12-19(13-11-17)21-14-20(18-8-6-5-7-9-18)15-22(16-21)23(2,3)4;1-22(2,3)21-15-19(17-10-6-4-7-11-17)14-20(16-21)18-12-8-5-9-13-18/h4-32H,1-3H3;5-16H,1-4H3;4-16H,1-3H3/i;5D,6D,7D,8D,9D,10D,11D,12D,13D;. The second-order valence-electron chi connectivity index (χ2n) is 26.4. The van der Waals surface area contributed by atoms with Crippen molar-refractivity contribution < 1.29 is 12.3 Å². The van der Waals surface area contributed by atoms with Crippen LogP contribution < -0.4 is 0 Å². The van der Waals surface area contributed by atoms with Gasteiger partial charge in [0.15, 0.2) is 0 Å². The molecular weight excluding hydrogens is 1090 g/mol. The van der Waals surface area contributed by atoms with Crippen LogP contribution in [0.2, 0.25) is 0 Å². The van der Waals surface area contributed by atoms with Gasteiger partial charge in [0.25, 0.3) is 0 Å². The predicted octanol–water partition coefficient (Wildman–Crippen LogP) is 25.9. The number of benzene rings is 13. The Labute approximate surface area is 556 Å². The summed E-state index contributed by atoms with van der Waals surface area (Å²) >= 11 is 0. The topological polar surface area (TPSA) is 0 Å². The van der Waals surface area contributed by atoms with Crippen LogP contribution in [0.15, 0.2) is 327 Å². The summed E-state index contributed by atoms with van der Waals surface area (Å²) < 4.78 is 73.8. The molecule has 0 aliphatic rings. The van der Waals surface area contributed by atoms with Crippen LogP contribution in [0.5, 0.6) is 0 Å². The summed E-state index contributed by atoms with van der Waals surface area (Å²) in [6.07, 6.45) is 0. The zero-order valence-electron chi connectivity index (χ0n) is 63.0. The van der Waals surface area contributed by atoms with E-state index in [9.17, 15) is 0 Å². The molecule has 91 heavy (non-hydrogen) atoms. The van der Waals surface area contributed by atoms with Crippen LogP contribution in [0.25, 0.3) is 111 Å². The molecule has 0 spiro atoms. The minimum Gasteiger partial charge on any atom is -0.0622 e. The van der Waals surface area contributed by atoms with E-state index >= 15 is 0 Å². The van der Waals surface area contributed by atoms with Crippen molar-refractivity contribution in [2.45, 2.75) is 85.5 Å². The van der Waals surface area contributed by atoms with Gasteiger partial charge in [0.05, 0.1) is 12.3 Å². The van der Waals surface area contributed by atoms with Crippen molar-refractivity contribution in [3.63, 3.8) is 0 Å². The molecule has 448 valence electrons. The predicted molar refractivity (Wildman–Crippen MR) is 395 cm³/mol. The monoisotopic (exact) mass is 1190 g/mol. The van der Waals surface area contributed by atoms with E-state index in [1.807, 2.05) is 20.8 Å². The molecule has 0 N–H and O–H groups in total. The minimum absolute atomic E-state index is 0.0331. The summed E-state index contributed by atoms with van der Waals surface area (Å²) in [5.74, 6) is 0. The summed E-state index contributed by atoms with van der Waals surface area (Å²) in [5.41, 5.74) is 24.2. The van der Waals surface area contributed by atoms with Gasteiger partial charge in [-0.3, -0.25) is 0 Å². The van der Waals surface area contributed by atoms with Gasteiger partial charge in [-0.2, -0.15) is 0 Å². The highest BCUT2D eigenvalue weighted by Gasteiger charge is 2.25. The lowest BCUT2D eigenvalue weighted by atomic mass is 9.76. The van der Waals surface area contributed by atoms with Gasteiger partial charge in [0.1, 0.15) is 0 Å². The van der Waals surface area contributed by atoms with Gasteiger partial charge in [-0.05, 0) is 200 Å². The van der Waals surface area contributed by atoms with Crippen molar-refractivity contribution in [2.75, 3.05) is 0 Å². The zero-order chi connectivity index (χ0) is 71.4. The first kappa shape index (κ1) is 51.7. The maximum absolute atomic E-state index is 8.44. The quantitative estimate of drug-likeness (QED) is 0.128. The van der Waals surface area contributed by atoms with Crippen molar-refractivity contribution >= 4 is 0 Å². The SMILES string of the molecule is CC(C)(C)c1c(-c2cc(-c3ccccc3)cc(-c3ccccc3)c2)cccc1-c1cc(-c2ccccc2)cc(-c2ccccc2)c1.CC(C)(C)c1cc(-c2ccccc2)cc(-c2ccccc2)c1.[2H]c1c([2H])c([2H])c(-c2cc(-c3c([2H])c([2H])c(C)c([2H])c3[2H])cc(C(C)(C)C)c2)c([2H])c1[2H]. The Morgan fingerprint density at radius 1 is 0.209 bits per heavy atom. The Morgan fingerprint density at radius 2 is 0.451 bits per heavy atom. The minimum atomic E-state index is -0.478. The highest BCUT2D eigenvalue weighted by molar-refractivity contribution is 5.89. The van der Waals surface area contributed by atoms with Crippen LogP contribution in [-0.4, -0.2) is 0 Å². The van der Waals surface area contributed by atoms with Crippen molar-refractivity contribution in [1.82, 2.24) is 0 Å². The first-order valence-electron chi connectivity index (χ1n) is 35.9. The van der Waals surface area contributed by atoms with Crippen molar-refractivity contribution in [3.8, 4) is 111 Å². The molecule has 0 fully saturated rings. The molecule has 0 heterocycles. The average Bonchev–Trinajstić information content (AvgIpc) is 0.761. The van der Waals surface area contributed by atoms with E-state index < -0.39 is 18.1 Å². The lowest BCUT2D eigenvalue weighted by Gasteiger charge is -2.28. The summed E-state index contributed by atoms with van der Waals surface area (Å²) in [5, 5.41) is 0. The second-order valence-corrected chi connectivity index (χ2v) is 26.4. The van der Waals surface area contributed by atoms with Gasteiger partial charge in [0.2, 0.25) is 0 Å². The molecule has 0 nitrogen and oxygen atoms in total. The van der Waals surface area contributed by atoms with Crippen LogP contribution >= 0.6 is 0 Å². The van der Waals surface area contributed by atoms with E-state index in [4.69, 9.17) is 12.3 Å². The van der Waals surface area contributed by atoms with Crippen molar-refractivity contribution in [2.24, 2.45) is 0 Å². The maximum atomic E-state index is 8.44. The third kappa shape index (κ3) is 15.7. The molecule has 0 saturated carbocycles. The van der Waals surface area contributed by atoms with E-state index in [1.165, 1.54) is 107 Å². The zero-order valence-corrected chi connectivity index (χ0v) is 54.0. The van der Waals surface area contributed by atoms with Gasteiger partial charge in [-0.25, -0.2) is 0 Å². The van der Waals surface area contributed by atoms with Crippen LogP contribution in [0, 0.1) is 6.92 Å². The third-order valence-electron chi connectivity index (χ3n) is 16.4. The molecule has 0 heteroatoms. The van der Waals surface area contributed by atoms with Crippen molar-refractivity contribution in [3.05, 3.63) is 350 Å². The van der Waals surface area contributed by atoms with E-state index in [0.29, 0.717) is 11.1 Å². The molecule has 0 atom stereocenters. The number of hydrogen-bond donors (Lipinski definition) is 0. The smallest absolute Gasteiger partial charge is 0.0622 e. The van der Waals surface area contributed by atoms with Crippen LogP contribution in [0.1, 0.15) is 96.9 Å². The highest BCUT2D eigenvalue weighted by atomic mass is 14.3. The maximum Gasteiger partial charge on any atom is 0.0629 e. The van der Waals surface area contributed by atoms with Crippen LogP contribution in [-0.2, 0) is 16.2 Å². The molecule has 13 rings (SSSR count). The van der Waals surface area contributed by atoms with Gasteiger partial charge < -0.3 is 0 Å². The van der Waals surface area contributed by atoms with Gasteiger partial charge in [-0.1, -0.05) is 347 Å². The lowest BCUT2D eigenvalue weighted by Crippen LogP contribution is -2.15. The highest BCUT2D eigenvalue weighted by Crippen LogP contribution is 2.45. The van der Waals surface area contributed by atoms with Gasteiger partial charge >= 0.3 is 0 Å². The largest absolute Gasteiger partial charge is 0.0629 e. The first-order valence-corrected chi connectivity index (χ1v) is 31.4. The van der Waals surface area contributed by atoms with E-state index in [0.717, 1.165) is 5.56 Å². The van der Waals surface area contributed by atoms with Crippen LogP contribution in [0.4, 0.5) is 0 Å². The second kappa shape index (κ2) is 27.7. The molecular formula is C91H84. The normalized spacial score (nSPS) is 12.8. The fourth-order valence-electron chi connectivity index (χ4n) is 11.5. The fraction of sp³-hybridized carbons (Fsp3) is 0.143. The molecule has 0 aromatic heterocycles. The molecule has 13 aromatic rings. The van der Waals surface area contributed by atoms with E-state index in [1.54, 1.807) is 18.2 Å². The van der Waals surface area contributed by atoms with Gasteiger partial charge in [0, 0.05) is 0 Å². The Balaban J connectivity index is 0.000000162. The Morgan fingerprint density at radius 3 is 0.714 bits per heavy atom. The van der Waals surface area contributed by atoms with E-state index in [-0.39, 0.29) is 69.2 Å². The number of rotatable bonds is 10. The average molecular weight is 1190 g/mol. The molecule has 0 aliphatic carbocycles. The van der Waals surface area contributed by atoms with Crippen molar-refractivity contribution in [1.29, 1.82) is 0 Å². The fourth-order valence-corrected chi connectivity index (χ4v) is 11.5. The summed E-state index contributed by atoms with van der Waals surface area (Å²) in [6.45, 7) is 21.2. The summed E-state index contributed by atoms with van der Waals surface area (Å²) in [6, 6.07) is 94.5. The molecule has 0 amide bonds. The molecule has 13 aromatic carbocycles. The summed E-state index contributed by atoms with van der Waals surface area (Å²) in [7, 11) is 0. The molecule has 0 saturated heterocycles. The van der Waals surface area contributed by atoms with E-state index in [2.05, 4.69) is 296 Å². The molecule has 0 bridgehead atoms. The van der Waals surface area contributed by atoms with Crippen LogP contribution in [0.3, 0.4) is 0 Å². The first-order chi connectivity index (χ1) is 47.7. The molecule has 0 radical (unpaired) electrons. The Hall–Kier alpha value is -10.1. The van der Waals surface area contributed by atoms with Gasteiger partial charge in [-0.15, -0.1) is 0 Å². The molecule has 0 unspecified atom stereocenters. The summed E-state index contributed by atoms with van der Waals surface area (Å²) in [4.78, 5) is 0.